The second kappa shape index (κ2) is 7.59. The van der Waals surface area contributed by atoms with Crippen LogP contribution in [0.1, 0.15) is 10.4 Å². The fourth-order valence-corrected chi connectivity index (χ4v) is 2.05. The average molecular weight is 301 g/mol. The summed E-state index contributed by atoms with van der Waals surface area (Å²) in [6, 6.07) is 14.8. The largest absolute Gasteiger partial charge is 0.465 e. The lowest BCUT2D eigenvalue weighted by Crippen LogP contribution is -2.22. The number of nitrogens with one attached hydrogen (secondary N) is 1. The Morgan fingerprint density at radius 3 is 2.55 bits per heavy atom. The molecule has 0 amide bonds. The van der Waals surface area contributed by atoms with Crippen LogP contribution >= 0.6 is 0 Å². The summed E-state index contributed by atoms with van der Waals surface area (Å²) in [6.45, 7) is -0.0178. The zero-order valence-electron chi connectivity index (χ0n) is 12.3. The summed E-state index contributed by atoms with van der Waals surface area (Å²) in [5.74, 6) is -0.373. The monoisotopic (exact) mass is 301 g/mol. The number of carbonyl (C=O) groups is 1. The number of rotatable bonds is 6. The summed E-state index contributed by atoms with van der Waals surface area (Å²) in [5.41, 5.74) is 3.16. The second-order valence-electron chi connectivity index (χ2n) is 4.87. The van der Waals surface area contributed by atoms with Crippen LogP contribution in [0.2, 0.25) is 0 Å². The molecule has 3 N–H and O–H groups in total. The van der Waals surface area contributed by atoms with Crippen molar-refractivity contribution in [2.45, 2.75) is 6.10 Å². The molecule has 2 rings (SSSR count). The van der Waals surface area contributed by atoms with Gasteiger partial charge in [0.05, 0.1) is 25.4 Å². The van der Waals surface area contributed by atoms with E-state index in [4.69, 9.17) is 9.84 Å². The molecule has 0 fully saturated rings. The number of carbonyl (C=O) groups excluding carboxylic acids is 1. The third-order valence-corrected chi connectivity index (χ3v) is 3.23. The van der Waals surface area contributed by atoms with Crippen LogP contribution in [0.15, 0.2) is 48.5 Å². The molecule has 0 saturated carbocycles. The maximum atomic E-state index is 11.6. The molecule has 1 atom stereocenters. The molecule has 2 aromatic rings. The van der Waals surface area contributed by atoms with E-state index in [1.165, 1.54) is 7.11 Å². The lowest BCUT2D eigenvalue weighted by atomic mass is 10.0. The number of ether oxygens (including phenoxy) is 1. The number of hydrogen-bond donors (Lipinski definition) is 3. The van der Waals surface area contributed by atoms with Crippen LogP contribution in [0.25, 0.3) is 11.1 Å². The fraction of sp³-hybridized carbons (Fsp3) is 0.235. The third kappa shape index (κ3) is 4.07. The zero-order valence-corrected chi connectivity index (χ0v) is 12.3. The van der Waals surface area contributed by atoms with Crippen LogP contribution in [0, 0.1) is 0 Å². The van der Waals surface area contributed by atoms with Gasteiger partial charge in [-0.1, -0.05) is 24.3 Å². The topological polar surface area (TPSA) is 78.8 Å². The standard InChI is InChI=1S/C17H19NO4/c1-22-17(21)14-6-2-4-12(8-14)13-5-3-7-15(9-13)18-10-16(20)11-19/h2-9,16,18-20H,10-11H2,1H3. The molecule has 5 heteroatoms. The molecular formula is C17H19NO4. The van der Waals surface area contributed by atoms with Crippen LogP contribution in [0.3, 0.4) is 0 Å². The van der Waals surface area contributed by atoms with Gasteiger partial charge in [0.25, 0.3) is 0 Å². The van der Waals surface area contributed by atoms with Gasteiger partial charge in [-0.25, -0.2) is 4.79 Å². The first-order chi connectivity index (χ1) is 10.6. The van der Waals surface area contributed by atoms with Crippen molar-refractivity contribution in [3.8, 4) is 11.1 Å². The van der Waals surface area contributed by atoms with Gasteiger partial charge in [0.2, 0.25) is 0 Å². The van der Waals surface area contributed by atoms with Crippen molar-refractivity contribution in [2.75, 3.05) is 25.6 Å². The molecule has 0 bridgehead atoms. The van der Waals surface area contributed by atoms with Gasteiger partial charge in [0, 0.05) is 12.2 Å². The highest BCUT2D eigenvalue weighted by molar-refractivity contribution is 5.91. The van der Waals surface area contributed by atoms with Gasteiger partial charge in [-0.15, -0.1) is 0 Å². The molecular weight excluding hydrogens is 282 g/mol. The van der Waals surface area contributed by atoms with Crippen molar-refractivity contribution < 1.29 is 19.7 Å². The van der Waals surface area contributed by atoms with Crippen molar-refractivity contribution >= 4 is 11.7 Å². The maximum Gasteiger partial charge on any atom is 0.337 e. The van der Waals surface area contributed by atoms with Gasteiger partial charge in [-0.3, -0.25) is 0 Å². The van der Waals surface area contributed by atoms with E-state index in [1.807, 2.05) is 30.3 Å². The molecule has 5 nitrogen and oxygen atoms in total. The summed E-state index contributed by atoms with van der Waals surface area (Å²) < 4.78 is 4.73. The van der Waals surface area contributed by atoms with E-state index in [1.54, 1.807) is 18.2 Å². The Kier molecular flexibility index (Phi) is 5.52. The quantitative estimate of drug-likeness (QED) is 0.710. The molecule has 0 saturated heterocycles. The SMILES string of the molecule is COC(=O)c1cccc(-c2cccc(NCC(O)CO)c2)c1. The summed E-state index contributed by atoms with van der Waals surface area (Å²) >= 11 is 0. The molecule has 0 aliphatic rings. The molecule has 0 aromatic heterocycles. The van der Waals surface area contributed by atoms with E-state index < -0.39 is 6.10 Å². The fourth-order valence-electron chi connectivity index (χ4n) is 2.05. The van der Waals surface area contributed by atoms with Gasteiger partial charge in [-0.05, 0) is 35.4 Å². The van der Waals surface area contributed by atoms with E-state index in [9.17, 15) is 9.90 Å². The van der Waals surface area contributed by atoms with Gasteiger partial charge >= 0.3 is 5.97 Å². The lowest BCUT2D eigenvalue weighted by molar-refractivity contribution is 0.0601. The Labute approximate surface area is 129 Å². The van der Waals surface area contributed by atoms with E-state index >= 15 is 0 Å². The number of methoxy groups -OCH3 is 1. The Hall–Kier alpha value is -2.37. The van der Waals surface area contributed by atoms with Gasteiger partial charge in [0.1, 0.15) is 0 Å². The number of anilines is 1. The van der Waals surface area contributed by atoms with Crippen molar-refractivity contribution in [1.29, 1.82) is 0 Å². The predicted octanol–water partition coefficient (Wildman–Crippen LogP) is 1.91. The highest BCUT2D eigenvalue weighted by Crippen LogP contribution is 2.23. The predicted molar refractivity (Wildman–Crippen MR) is 84.8 cm³/mol. The van der Waals surface area contributed by atoms with E-state index in [0.29, 0.717) is 5.56 Å². The van der Waals surface area contributed by atoms with E-state index in [0.717, 1.165) is 16.8 Å². The Morgan fingerprint density at radius 2 is 1.86 bits per heavy atom. The summed E-state index contributed by atoms with van der Waals surface area (Å²) in [7, 11) is 1.35. The van der Waals surface area contributed by atoms with Crippen LogP contribution in [0.5, 0.6) is 0 Å². The van der Waals surface area contributed by atoms with Gasteiger partial charge < -0.3 is 20.3 Å². The molecule has 0 spiro atoms. The average Bonchev–Trinajstić information content (AvgIpc) is 2.59. The Morgan fingerprint density at radius 1 is 1.18 bits per heavy atom. The van der Waals surface area contributed by atoms with Gasteiger partial charge in [0.15, 0.2) is 0 Å². The third-order valence-electron chi connectivity index (χ3n) is 3.23. The highest BCUT2D eigenvalue weighted by atomic mass is 16.5. The lowest BCUT2D eigenvalue weighted by Gasteiger charge is -2.11. The van der Waals surface area contributed by atoms with Crippen molar-refractivity contribution in [3.63, 3.8) is 0 Å². The number of benzene rings is 2. The Balaban J connectivity index is 2.20. The smallest absolute Gasteiger partial charge is 0.337 e. The molecule has 2 aromatic carbocycles. The maximum absolute atomic E-state index is 11.6. The highest BCUT2D eigenvalue weighted by Gasteiger charge is 2.07. The number of hydrogen-bond acceptors (Lipinski definition) is 5. The minimum atomic E-state index is -0.800. The van der Waals surface area contributed by atoms with E-state index in [-0.39, 0.29) is 19.1 Å². The molecule has 0 aliphatic heterocycles. The summed E-state index contributed by atoms with van der Waals surface area (Å²) in [6.07, 6.45) is -0.800. The molecule has 1 unspecified atom stereocenters. The molecule has 0 heterocycles. The number of aliphatic hydroxyl groups is 2. The van der Waals surface area contributed by atoms with Crippen LogP contribution < -0.4 is 5.32 Å². The number of aliphatic hydroxyl groups excluding tert-OH is 2. The molecule has 0 aliphatic carbocycles. The van der Waals surface area contributed by atoms with Crippen LogP contribution in [-0.4, -0.2) is 42.5 Å². The minimum absolute atomic E-state index is 0.266. The molecule has 116 valence electrons. The Bertz CT molecular complexity index is 642. The zero-order chi connectivity index (χ0) is 15.9. The van der Waals surface area contributed by atoms with Crippen LogP contribution in [0.4, 0.5) is 5.69 Å². The molecule has 0 radical (unpaired) electrons. The van der Waals surface area contributed by atoms with Crippen molar-refractivity contribution in [1.82, 2.24) is 0 Å². The van der Waals surface area contributed by atoms with E-state index in [2.05, 4.69) is 5.32 Å². The van der Waals surface area contributed by atoms with Gasteiger partial charge in [-0.2, -0.15) is 0 Å². The second-order valence-corrected chi connectivity index (χ2v) is 4.87. The normalized spacial score (nSPS) is 11.8. The molecule has 22 heavy (non-hydrogen) atoms. The summed E-state index contributed by atoms with van der Waals surface area (Å²) in [4.78, 5) is 11.6. The van der Waals surface area contributed by atoms with Crippen LogP contribution in [-0.2, 0) is 4.74 Å². The summed E-state index contributed by atoms with van der Waals surface area (Å²) in [5, 5.41) is 21.2. The first-order valence-corrected chi connectivity index (χ1v) is 6.95. The van der Waals surface area contributed by atoms with Crippen molar-refractivity contribution in [3.05, 3.63) is 54.1 Å². The van der Waals surface area contributed by atoms with Crippen molar-refractivity contribution in [2.24, 2.45) is 0 Å². The minimum Gasteiger partial charge on any atom is -0.465 e. The first-order valence-electron chi connectivity index (χ1n) is 6.95. The first kappa shape index (κ1) is 16.0. The number of esters is 1.